The van der Waals surface area contributed by atoms with E-state index in [1.165, 1.54) is 91.8 Å². The molecule has 0 heterocycles. The fourth-order valence-electron chi connectivity index (χ4n) is 9.45. The Balaban J connectivity index is 0.000000140. The average molecular weight is 1280 g/mol. The molecule has 12 aromatic carbocycles. The predicted molar refractivity (Wildman–Crippen MR) is 296 cm³/mol. The standard InChI is InChI=1S/C25H22P2.2C20H11.2Au/c1-5-13-22(14-6-1)26(23-15-7-2-8-16-23)21-27(24-17-9-3-10-18-24)25-19-11-4-12-20-25;2*1-2-14-11-12-19-17-9-4-3-7-15(17)16-8-5-6-10-18(16)20(19)13-14;;/h1-20H,21H2;2*3-13H;;/q;2*-1;2*+1/p+2. The van der Waals surface area contributed by atoms with Crippen LogP contribution in [0.4, 0.5) is 0 Å². The third-order valence-corrected chi connectivity index (χ3v) is 19.6. The smallest absolute Gasteiger partial charge is 0.366 e. The molecule has 0 nitrogen and oxygen atoms in total. The van der Waals surface area contributed by atoms with E-state index in [2.05, 4.69) is 254 Å². The molecule has 0 aliphatic rings. The van der Waals surface area contributed by atoms with Gasteiger partial charge in [-0.25, -0.2) is 0 Å². The fraction of sp³-hybridized carbons (Fsp3) is 0.0154. The molecule has 336 valence electrons. The zero-order valence-electron chi connectivity index (χ0n) is 37.6. The van der Waals surface area contributed by atoms with E-state index in [1.54, 1.807) is 0 Å². The van der Waals surface area contributed by atoms with Crippen LogP contribution in [0, 0.1) is 24.7 Å². The SMILES string of the molecule is [Au+].[Au+].[C-]#Cc1ccc2c3ccccc3c3ccccc3c2c1.[C-]#Cc1ccc2c3ccccc3c3ccccc3c2c1.c1ccc([PH+](C[PH+](c2ccccc2)c2ccccc2)c2ccccc2)cc1. The molecule has 0 aliphatic heterocycles. The number of fused-ring (bicyclic) bond motifs is 12. The van der Waals surface area contributed by atoms with E-state index in [-0.39, 0.29) is 44.8 Å². The van der Waals surface area contributed by atoms with Crippen molar-refractivity contribution >= 4 is 102 Å². The Morgan fingerprint density at radius 1 is 0.246 bits per heavy atom. The molecular weight excluding hydrogens is 1240 g/mol. The molecule has 0 fully saturated rings. The molecule has 0 atom stereocenters. The first-order valence-electron chi connectivity index (χ1n) is 22.6. The van der Waals surface area contributed by atoms with E-state index < -0.39 is 15.8 Å². The van der Waals surface area contributed by atoms with Gasteiger partial charge in [-0.3, -0.25) is 11.8 Å². The molecule has 0 radical (unpaired) electrons. The Morgan fingerprint density at radius 3 is 0.681 bits per heavy atom. The fourth-order valence-corrected chi connectivity index (χ4v) is 17.2. The molecule has 0 amide bonds. The largest absolute Gasteiger partial charge is 1.00 e. The van der Waals surface area contributed by atoms with Crippen molar-refractivity contribution in [2.75, 3.05) is 5.90 Å². The van der Waals surface area contributed by atoms with Gasteiger partial charge in [0.15, 0.2) is 5.90 Å². The minimum atomic E-state index is -0.847. The quantitative estimate of drug-likeness (QED) is 0.0512. The molecule has 0 unspecified atom stereocenters. The number of benzene rings is 12. The average Bonchev–Trinajstić information content (AvgIpc) is 3.42. The van der Waals surface area contributed by atoms with Crippen molar-refractivity contribution < 1.29 is 44.8 Å². The van der Waals surface area contributed by atoms with Crippen LogP contribution in [-0.4, -0.2) is 5.90 Å². The summed E-state index contributed by atoms with van der Waals surface area (Å²) >= 11 is 0. The Hall–Kier alpha value is -6.34. The molecule has 12 rings (SSSR count). The maximum absolute atomic E-state index is 7.34. The van der Waals surface area contributed by atoms with Crippen molar-refractivity contribution in [3.05, 3.63) is 279 Å². The van der Waals surface area contributed by atoms with Crippen LogP contribution < -0.4 is 21.2 Å². The van der Waals surface area contributed by atoms with Gasteiger partial charge in [-0.1, -0.05) is 182 Å². The van der Waals surface area contributed by atoms with Gasteiger partial charge in [-0.2, -0.15) is 0 Å². The van der Waals surface area contributed by atoms with Gasteiger partial charge in [-0.05, 0) is 113 Å². The third-order valence-electron chi connectivity index (χ3n) is 12.6. The van der Waals surface area contributed by atoms with Crippen molar-refractivity contribution in [2.24, 2.45) is 0 Å². The minimum Gasteiger partial charge on any atom is -0.366 e. The number of hydrogen-bond donors (Lipinski definition) is 0. The van der Waals surface area contributed by atoms with Gasteiger partial charge in [0.05, 0.1) is 0 Å². The summed E-state index contributed by atoms with van der Waals surface area (Å²) in [5, 5.41) is 20.9. The van der Waals surface area contributed by atoms with Gasteiger partial charge < -0.3 is 12.8 Å². The summed E-state index contributed by atoms with van der Waals surface area (Å²) in [7, 11) is -1.69. The molecule has 0 N–H and O–H groups in total. The van der Waals surface area contributed by atoms with Crippen molar-refractivity contribution in [2.45, 2.75) is 0 Å². The van der Waals surface area contributed by atoms with Crippen LogP contribution in [0.2, 0.25) is 0 Å². The Bertz CT molecular complexity index is 3350. The van der Waals surface area contributed by atoms with Crippen LogP contribution in [-0.2, 0) is 44.8 Å². The second kappa shape index (κ2) is 23.3. The van der Waals surface area contributed by atoms with Gasteiger partial charge in [0.1, 0.15) is 37.1 Å². The predicted octanol–water partition coefficient (Wildman–Crippen LogP) is 14.8. The van der Waals surface area contributed by atoms with Crippen molar-refractivity contribution in [3.8, 4) is 11.8 Å². The number of rotatable bonds is 6. The van der Waals surface area contributed by atoms with Crippen molar-refractivity contribution in [1.82, 2.24) is 0 Å². The molecule has 0 spiro atoms. The van der Waals surface area contributed by atoms with Crippen LogP contribution in [0.25, 0.3) is 64.6 Å². The summed E-state index contributed by atoms with van der Waals surface area (Å²) in [5.41, 5.74) is 1.64. The molecule has 0 aromatic heterocycles. The first-order chi connectivity index (χ1) is 33.2. The van der Waals surface area contributed by atoms with Crippen LogP contribution in [0.3, 0.4) is 0 Å². The minimum absolute atomic E-state index is 0. The molecule has 69 heavy (non-hydrogen) atoms. The second-order valence-electron chi connectivity index (χ2n) is 16.6. The van der Waals surface area contributed by atoms with Gasteiger partial charge in [-0.15, -0.1) is 35.4 Å². The van der Waals surface area contributed by atoms with E-state index in [4.69, 9.17) is 12.8 Å². The van der Waals surface area contributed by atoms with E-state index in [9.17, 15) is 0 Å². The molecule has 0 bridgehead atoms. The summed E-state index contributed by atoms with van der Waals surface area (Å²) in [6.07, 6.45) is 14.7. The molecule has 0 saturated heterocycles. The van der Waals surface area contributed by atoms with Gasteiger partial charge in [0.2, 0.25) is 0 Å². The van der Waals surface area contributed by atoms with E-state index in [1.807, 2.05) is 12.1 Å². The van der Waals surface area contributed by atoms with Crippen LogP contribution in [0.15, 0.2) is 255 Å². The van der Waals surface area contributed by atoms with Crippen LogP contribution >= 0.6 is 15.8 Å². The summed E-state index contributed by atoms with van der Waals surface area (Å²) in [5.74, 6) is 6.21. The van der Waals surface area contributed by atoms with Crippen molar-refractivity contribution in [1.29, 1.82) is 0 Å². The van der Waals surface area contributed by atoms with Crippen LogP contribution in [0.1, 0.15) is 11.1 Å². The topological polar surface area (TPSA) is 0 Å². The maximum Gasteiger partial charge on any atom is 1.00 e. The van der Waals surface area contributed by atoms with E-state index in [0.29, 0.717) is 0 Å². The second-order valence-corrected chi connectivity index (χ2v) is 22.2. The van der Waals surface area contributed by atoms with Crippen LogP contribution in [0.5, 0.6) is 0 Å². The van der Waals surface area contributed by atoms with Gasteiger partial charge >= 0.3 is 44.8 Å². The zero-order chi connectivity index (χ0) is 45.4. The first kappa shape index (κ1) is 49.1. The Kier molecular flexibility index (Phi) is 16.6. The molecular formula is C65H46Au2P2+2. The summed E-state index contributed by atoms with van der Waals surface area (Å²) < 4.78 is 0. The number of hydrogen-bond acceptors (Lipinski definition) is 0. The third kappa shape index (κ3) is 10.6. The van der Waals surface area contributed by atoms with E-state index >= 15 is 0 Å². The monoisotopic (exact) mass is 1280 g/mol. The van der Waals surface area contributed by atoms with Crippen molar-refractivity contribution in [3.63, 3.8) is 0 Å². The summed E-state index contributed by atoms with van der Waals surface area (Å²) in [4.78, 5) is 0. The normalized spacial score (nSPS) is 10.7. The maximum atomic E-state index is 7.34. The molecule has 0 saturated carbocycles. The molecule has 0 aliphatic carbocycles. The van der Waals surface area contributed by atoms with E-state index in [0.717, 1.165) is 11.1 Å². The Labute approximate surface area is 439 Å². The van der Waals surface area contributed by atoms with Gasteiger partial charge in [0, 0.05) is 0 Å². The Morgan fingerprint density at radius 2 is 0.449 bits per heavy atom. The summed E-state index contributed by atoms with van der Waals surface area (Å²) in [6.45, 7) is 0. The molecule has 12 aromatic rings. The van der Waals surface area contributed by atoms with Gasteiger partial charge in [0.25, 0.3) is 0 Å². The zero-order valence-corrected chi connectivity index (χ0v) is 43.9. The molecule has 4 heteroatoms. The summed E-state index contributed by atoms with van der Waals surface area (Å²) in [6, 6.07) is 90.6. The first-order valence-corrected chi connectivity index (χ1v) is 26.0.